The zero-order valence-electron chi connectivity index (χ0n) is 10.3. The lowest BCUT2D eigenvalue weighted by Crippen LogP contribution is -1.92. The Hall–Kier alpha value is -1.50. The smallest absolute Gasteiger partial charge is 0.121 e. The van der Waals surface area contributed by atoms with Crippen molar-refractivity contribution in [3.05, 3.63) is 47.7 Å². The van der Waals surface area contributed by atoms with Crippen molar-refractivity contribution < 1.29 is 10.2 Å². The average molecular weight is 232 g/mol. The number of aromatic hydroxyl groups is 1. The van der Waals surface area contributed by atoms with Gasteiger partial charge < -0.3 is 10.2 Å². The third kappa shape index (κ3) is 4.90. The van der Waals surface area contributed by atoms with Crippen molar-refractivity contribution in [2.45, 2.75) is 38.7 Å². The number of aliphatic hydroxyl groups excluding tert-OH is 1. The molecule has 2 heteroatoms. The number of benzene rings is 1. The summed E-state index contributed by atoms with van der Waals surface area (Å²) in [6.45, 7) is 2.17. The largest absolute Gasteiger partial charge is 0.508 e. The lowest BCUT2D eigenvalue weighted by molar-refractivity contribution is 0.224. The van der Waals surface area contributed by atoms with E-state index in [0.717, 1.165) is 12.8 Å². The van der Waals surface area contributed by atoms with Gasteiger partial charge in [0.25, 0.3) is 0 Å². The summed E-state index contributed by atoms with van der Waals surface area (Å²) in [4.78, 5) is 0. The summed E-state index contributed by atoms with van der Waals surface area (Å²) >= 11 is 0. The molecule has 0 saturated heterocycles. The SMILES string of the molecule is CCCCCC=C=CC(O)c1ccccc1O. The van der Waals surface area contributed by atoms with Gasteiger partial charge in [0.05, 0.1) is 0 Å². The molecule has 0 heterocycles. The molecule has 0 saturated carbocycles. The standard InChI is InChI=1S/C15H20O2/c1-2-3-4-5-6-7-11-14(16)13-10-8-9-12-15(13)17/h6,8-12,14,16-17H,2-5H2,1H3. The number of para-hydroxylation sites is 1. The van der Waals surface area contributed by atoms with Crippen molar-refractivity contribution in [1.82, 2.24) is 0 Å². The molecule has 0 amide bonds. The molecule has 0 aliphatic rings. The Morgan fingerprint density at radius 1 is 1.29 bits per heavy atom. The quantitative estimate of drug-likeness (QED) is 0.579. The van der Waals surface area contributed by atoms with E-state index in [-0.39, 0.29) is 5.75 Å². The topological polar surface area (TPSA) is 40.5 Å². The molecular weight excluding hydrogens is 212 g/mol. The highest BCUT2D eigenvalue weighted by Crippen LogP contribution is 2.23. The first-order valence-corrected chi connectivity index (χ1v) is 6.12. The van der Waals surface area contributed by atoms with Gasteiger partial charge in [-0.15, -0.1) is 5.73 Å². The first kappa shape index (κ1) is 13.6. The summed E-state index contributed by atoms with van der Waals surface area (Å²) in [7, 11) is 0. The Labute approximate surface area is 103 Å². The van der Waals surface area contributed by atoms with Crippen LogP contribution in [0, 0.1) is 0 Å². The fourth-order valence-corrected chi connectivity index (χ4v) is 1.57. The van der Waals surface area contributed by atoms with Crippen molar-refractivity contribution in [3.8, 4) is 5.75 Å². The molecule has 1 rings (SSSR count). The van der Waals surface area contributed by atoms with Crippen LogP contribution in [0.3, 0.4) is 0 Å². The number of phenolic OH excluding ortho intramolecular Hbond substituents is 1. The second-order valence-electron chi connectivity index (χ2n) is 4.04. The van der Waals surface area contributed by atoms with Gasteiger partial charge in [0, 0.05) is 5.56 Å². The summed E-state index contributed by atoms with van der Waals surface area (Å²) in [6, 6.07) is 6.79. The first-order valence-electron chi connectivity index (χ1n) is 6.12. The van der Waals surface area contributed by atoms with Crippen LogP contribution in [0.2, 0.25) is 0 Å². The Kier molecular flexibility index (Phi) is 6.16. The van der Waals surface area contributed by atoms with Crippen molar-refractivity contribution in [3.63, 3.8) is 0 Å². The molecule has 0 aliphatic carbocycles. The lowest BCUT2D eigenvalue weighted by atomic mass is 10.1. The maximum Gasteiger partial charge on any atom is 0.121 e. The third-order valence-electron chi connectivity index (χ3n) is 2.58. The molecule has 2 N–H and O–H groups in total. The second-order valence-corrected chi connectivity index (χ2v) is 4.04. The van der Waals surface area contributed by atoms with E-state index in [1.807, 2.05) is 6.08 Å². The molecule has 17 heavy (non-hydrogen) atoms. The molecule has 1 unspecified atom stereocenters. The van der Waals surface area contributed by atoms with E-state index in [1.54, 1.807) is 30.3 Å². The van der Waals surface area contributed by atoms with E-state index in [9.17, 15) is 10.2 Å². The van der Waals surface area contributed by atoms with E-state index in [0.29, 0.717) is 5.56 Å². The van der Waals surface area contributed by atoms with Gasteiger partial charge in [-0.25, -0.2) is 0 Å². The molecule has 1 atom stereocenters. The minimum Gasteiger partial charge on any atom is -0.508 e. The van der Waals surface area contributed by atoms with Crippen LogP contribution in [0.25, 0.3) is 0 Å². The monoisotopic (exact) mass is 232 g/mol. The molecule has 0 radical (unpaired) electrons. The minimum atomic E-state index is -0.793. The average Bonchev–Trinajstić information content (AvgIpc) is 2.34. The maximum absolute atomic E-state index is 9.81. The number of phenols is 1. The molecule has 0 bridgehead atoms. The van der Waals surface area contributed by atoms with E-state index < -0.39 is 6.10 Å². The van der Waals surface area contributed by atoms with Crippen LogP contribution >= 0.6 is 0 Å². The van der Waals surface area contributed by atoms with Crippen molar-refractivity contribution in [2.75, 3.05) is 0 Å². The van der Waals surface area contributed by atoms with Crippen LogP contribution in [0.5, 0.6) is 5.75 Å². The van der Waals surface area contributed by atoms with E-state index in [4.69, 9.17) is 0 Å². The predicted molar refractivity (Wildman–Crippen MR) is 69.9 cm³/mol. The number of hydrogen-bond donors (Lipinski definition) is 2. The highest BCUT2D eigenvalue weighted by molar-refractivity contribution is 5.35. The van der Waals surface area contributed by atoms with Gasteiger partial charge in [0.2, 0.25) is 0 Å². The lowest BCUT2D eigenvalue weighted by Gasteiger charge is -2.06. The van der Waals surface area contributed by atoms with E-state index in [2.05, 4.69) is 12.7 Å². The van der Waals surface area contributed by atoms with Gasteiger partial charge in [-0.2, -0.15) is 0 Å². The van der Waals surface area contributed by atoms with Crippen LogP contribution in [-0.2, 0) is 0 Å². The molecule has 2 nitrogen and oxygen atoms in total. The molecule has 0 aliphatic heterocycles. The maximum atomic E-state index is 9.81. The molecule has 1 aromatic carbocycles. The Bertz CT molecular complexity index is 390. The summed E-state index contributed by atoms with van der Waals surface area (Å²) in [5, 5.41) is 19.3. The zero-order chi connectivity index (χ0) is 12.5. The summed E-state index contributed by atoms with van der Waals surface area (Å²) < 4.78 is 0. The highest BCUT2D eigenvalue weighted by Gasteiger charge is 2.06. The van der Waals surface area contributed by atoms with Crippen LogP contribution < -0.4 is 0 Å². The van der Waals surface area contributed by atoms with Gasteiger partial charge in [0.15, 0.2) is 0 Å². The van der Waals surface area contributed by atoms with Gasteiger partial charge >= 0.3 is 0 Å². The Morgan fingerprint density at radius 3 is 2.76 bits per heavy atom. The van der Waals surface area contributed by atoms with E-state index in [1.165, 1.54) is 12.8 Å². The van der Waals surface area contributed by atoms with Gasteiger partial charge in [-0.1, -0.05) is 38.0 Å². The minimum absolute atomic E-state index is 0.115. The fraction of sp³-hybridized carbons (Fsp3) is 0.400. The second kappa shape index (κ2) is 7.72. The summed E-state index contributed by atoms with van der Waals surface area (Å²) in [5.41, 5.74) is 3.47. The highest BCUT2D eigenvalue weighted by atomic mass is 16.3. The number of unbranched alkanes of at least 4 members (excludes halogenated alkanes) is 3. The molecule has 0 fully saturated rings. The Balaban J connectivity index is 2.51. The van der Waals surface area contributed by atoms with Gasteiger partial charge in [-0.05, 0) is 31.1 Å². The third-order valence-corrected chi connectivity index (χ3v) is 2.58. The predicted octanol–water partition coefficient (Wildman–Crippen LogP) is 3.72. The van der Waals surface area contributed by atoms with Gasteiger partial charge in [0.1, 0.15) is 11.9 Å². The fourth-order valence-electron chi connectivity index (χ4n) is 1.57. The normalized spacial score (nSPS) is 11.6. The van der Waals surface area contributed by atoms with Crippen LogP contribution in [-0.4, -0.2) is 10.2 Å². The first-order chi connectivity index (χ1) is 8.25. The summed E-state index contributed by atoms with van der Waals surface area (Å²) in [6.07, 6.45) is 7.28. The molecule has 1 aromatic rings. The molecule has 0 spiro atoms. The van der Waals surface area contributed by atoms with Crippen LogP contribution in [0.1, 0.15) is 44.3 Å². The van der Waals surface area contributed by atoms with Crippen molar-refractivity contribution in [2.24, 2.45) is 0 Å². The van der Waals surface area contributed by atoms with Crippen LogP contribution in [0.15, 0.2) is 42.1 Å². The van der Waals surface area contributed by atoms with Crippen molar-refractivity contribution >= 4 is 0 Å². The van der Waals surface area contributed by atoms with Crippen LogP contribution in [0.4, 0.5) is 0 Å². The van der Waals surface area contributed by atoms with Crippen molar-refractivity contribution in [1.29, 1.82) is 0 Å². The molecular formula is C15H20O2. The molecule has 0 aromatic heterocycles. The number of rotatable bonds is 6. The van der Waals surface area contributed by atoms with Gasteiger partial charge in [-0.3, -0.25) is 0 Å². The Morgan fingerprint density at radius 2 is 2.06 bits per heavy atom. The zero-order valence-corrected chi connectivity index (χ0v) is 10.3. The number of aliphatic hydroxyl groups is 1. The number of hydrogen-bond acceptors (Lipinski definition) is 2. The molecule has 92 valence electrons. The summed E-state index contributed by atoms with van der Waals surface area (Å²) in [5.74, 6) is 0.115. The van der Waals surface area contributed by atoms with E-state index >= 15 is 0 Å².